The van der Waals surface area contributed by atoms with Gasteiger partial charge in [0.2, 0.25) is 0 Å². The summed E-state index contributed by atoms with van der Waals surface area (Å²) in [4.78, 5) is 0. The van der Waals surface area contributed by atoms with Crippen LogP contribution < -0.4 is 5.32 Å². The van der Waals surface area contributed by atoms with E-state index in [9.17, 15) is 13.2 Å². The summed E-state index contributed by atoms with van der Waals surface area (Å²) >= 11 is 0. The molecular formula is C11H18F3N. The molecule has 15 heavy (non-hydrogen) atoms. The summed E-state index contributed by atoms with van der Waals surface area (Å²) in [6.07, 6.45) is 2.44. The molecule has 1 saturated carbocycles. The quantitative estimate of drug-likeness (QED) is 0.771. The summed E-state index contributed by atoms with van der Waals surface area (Å²) in [6, 6.07) is -1.15. The molecule has 1 aliphatic heterocycles. The van der Waals surface area contributed by atoms with Crippen LogP contribution in [0, 0.1) is 5.92 Å². The number of halogens is 3. The molecule has 1 nitrogen and oxygen atoms in total. The molecular weight excluding hydrogens is 203 g/mol. The lowest BCUT2D eigenvalue weighted by Crippen LogP contribution is -2.50. The van der Waals surface area contributed by atoms with Crippen LogP contribution in [0.2, 0.25) is 0 Å². The molecule has 1 aliphatic carbocycles. The smallest absolute Gasteiger partial charge is 0.303 e. The van der Waals surface area contributed by atoms with Crippen LogP contribution in [0.1, 0.15) is 44.9 Å². The maximum atomic E-state index is 12.5. The monoisotopic (exact) mass is 221 g/mol. The van der Waals surface area contributed by atoms with Gasteiger partial charge in [-0.2, -0.15) is 13.2 Å². The number of hydrogen-bond acceptors (Lipinski definition) is 1. The third-order valence-electron chi connectivity index (χ3n) is 3.50. The molecule has 1 saturated heterocycles. The van der Waals surface area contributed by atoms with Crippen molar-refractivity contribution in [3.8, 4) is 0 Å². The minimum absolute atomic E-state index is 0.103. The van der Waals surface area contributed by atoms with Gasteiger partial charge in [-0.1, -0.05) is 19.3 Å². The van der Waals surface area contributed by atoms with Crippen LogP contribution in [-0.4, -0.2) is 18.3 Å². The van der Waals surface area contributed by atoms with E-state index in [1.807, 2.05) is 0 Å². The molecule has 0 aromatic rings. The minimum atomic E-state index is -4.06. The molecule has 1 N–H and O–H groups in total. The predicted octanol–water partition coefficient (Wildman–Crippen LogP) is 3.25. The molecule has 0 bridgehead atoms. The summed E-state index contributed by atoms with van der Waals surface area (Å²) in [5.41, 5.74) is 0. The van der Waals surface area contributed by atoms with Gasteiger partial charge in [-0.25, -0.2) is 0 Å². The summed E-state index contributed by atoms with van der Waals surface area (Å²) in [7, 11) is 0. The van der Waals surface area contributed by atoms with Gasteiger partial charge in [0.1, 0.15) is 6.04 Å². The molecule has 0 spiro atoms. The van der Waals surface area contributed by atoms with Crippen molar-refractivity contribution in [3.05, 3.63) is 0 Å². The normalized spacial score (nSPS) is 33.0. The molecule has 88 valence electrons. The first-order chi connectivity index (χ1) is 7.05. The number of rotatable bonds is 3. The Morgan fingerprint density at radius 3 is 2.33 bits per heavy atom. The molecule has 0 aromatic heterocycles. The van der Waals surface area contributed by atoms with E-state index in [2.05, 4.69) is 5.32 Å². The van der Waals surface area contributed by atoms with E-state index in [1.54, 1.807) is 0 Å². The van der Waals surface area contributed by atoms with E-state index in [0.717, 1.165) is 25.2 Å². The van der Waals surface area contributed by atoms with Gasteiger partial charge in [0.25, 0.3) is 0 Å². The van der Waals surface area contributed by atoms with Crippen LogP contribution in [0.25, 0.3) is 0 Å². The highest BCUT2D eigenvalue weighted by molar-refractivity contribution is 4.86. The Morgan fingerprint density at radius 2 is 1.73 bits per heavy atom. The van der Waals surface area contributed by atoms with Crippen molar-refractivity contribution in [2.24, 2.45) is 5.92 Å². The molecule has 0 radical (unpaired) electrons. The molecule has 2 atom stereocenters. The van der Waals surface area contributed by atoms with Crippen molar-refractivity contribution in [1.29, 1.82) is 0 Å². The fraction of sp³-hybridized carbons (Fsp3) is 1.00. The summed E-state index contributed by atoms with van der Waals surface area (Å²) < 4.78 is 37.4. The van der Waals surface area contributed by atoms with E-state index in [-0.39, 0.29) is 12.5 Å². The van der Waals surface area contributed by atoms with Gasteiger partial charge < -0.3 is 5.32 Å². The van der Waals surface area contributed by atoms with Crippen molar-refractivity contribution in [3.63, 3.8) is 0 Å². The number of hydrogen-bond donors (Lipinski definition) is 1. The third-order valence-corrected chi connectivity index (χ3v) is 3.50. The lowest BCUT2D eigenvalue weighted by atomic mass is 9.94. The van der Waals surface area contributed by atoms with E-state index in [4.69, 9.17) is 0 Å². The van der Waals surface area contributed by atoms with Crippen molar-refractivity contribution in [2.75, 3.05) is 0 Å². The maximum Gasteiger partial charge on any atom is 0.403 e. The first kappa shape index (κ1) is 11.2. The van der Waals surface area contributed by atoms with Crippen molar-refractivity contribution in [1.82, 2.24) is 5.32 Å². The van der Waals surface area contributed by atoms with E-state index in [0.29, 0.717) is 6.42 Å². The second-order valence-corrected chi connectivity index (χ2v) is 4.91. The van der Waals surface area contributed by atoms with Crippen molar-refractivity contribution >= 4 is 0 Å². The third kappa shape index (κ3) is 3.37. The van der Waals surface area contributed by atoms with Gasteiger partial charge in [-0.15, -0.1) is 0 Å². The number of piperidine rings is 1. The van der Waals surface area contributed by atoms with Gasteiger partial charge in [0.05, 0.1) is 0 Å². The summed E-state index contributed by atoms with van der Waals surface area (Å²) in [6.45, 7) is 0. The molecule has 2 aliphatic rings. The summed E-state index contributed by atoms with van der Waals surface area (Å²) in [5.74, 6) is 0.818. The van der Waals surface area contributed by atoms with E-state index >= 15 is 0 Å². The zero-order valence-corrected chi connectivity index (χ0v) is 8.82. The molecule has 0 amide bonds. The van der Waals surface area contributed by atoms with Crippen LogP contribution in [0.3, 0.4) is 0 Å². The SMILES string of the molecule is FC(F)(F)C1CCCC(CCC2CC2)N1. The Labute approximate surface area is 88.4 Å². The van der Waals surface area contributed by atoms with Crippen molar-refractivity contribution in [2.45, 2.75) is 63.2 Å². The lowest BCUT2D eigenvalue weighted by molar-refractivity contribution is -0.163. The molecule has 0 aromatic carbocycles. The van der Waals surface area contributed by atoms with E-state index < -0.39 is 12.2 Å². The van der Waals surface area contributed by atoms with Crippen LogP contribution in [0.15, 0.2) is 0 Å². The number of alkyl halides is 3. The van der Waals surface area contributed by atoms with Gasteiger partial charge in [0, 0.05) is 6.04 Å². The molecule has 2 fully saturated rings. The topological polar surface area (TPSA) is 12.0 Å². The molecule has 2 rings (SSSR count). The van der Waals surface area contributed by atoms with Gasteiger partial charge in [0.15, 0.2) is 0 Å². The standard InChI is InChI=1S/C11H18F3N/c12-11(13,14)10-3-1-2-9(15-10)7-6-8-4-5-8/h8-10,15H,1-7H2. The Kier molecular flexibility index (Phi) is 3.24. The Morgan fingerprint density at radius 1 is 1.00 bits per heavy atom. The van der Waals surface area contributed by atoms with Crippen molar-refractivity contribution < 1.29 is 13.2 Å². The van der Waals surface area contributed by atoms with Gasteiger partial charge in [-0.3, -0.25) is 0 Å². The predicted molar refractivity (Wildman–Crippen MR) is 52.6 cm³/mol. The van der Waals surface area contributed by atoms with Crippen LogP contribution >= 0.6 is 0 Å². The van der Waals surface area contributed by atoms with Gasteiger partial charge in [-0.05, 0) is 31.6 Å². The van der Waals surface area contributed by atoms with E-state index in [1.165, 1.54) is 12.8 Å². The maximum absolute atomic E-state index is 12.5. The first-order valence-electron chi connectivity index (χ1n) is 5.88. The average molecular weight is 221 g/mol. The fourth-order valence-electron chi connectivity index (χ4n) is 2.35. The fourth-order valence-corrected chi connectivity index (χ4v) is 2.35. The lowest BCUT2D eigenvalue weighted by Gasteiger charge is -2.32. The highest BCUT2D eigenvalue weighted by Crippen LogP contribution is 2.35. The first-order valence-corrected chi connectivity index (χ1v) is 5.88. The largest absolute Gasteiger partial charge is 0.403 e. The Hall–Kier alpha value is -0.250. The summed E-state index contributed by atoms with van der Waals surface area (Å²) in [5, 5.41) is 2.75. The molecule has 1 heterocycles. The van der Waals surface area contributed by atoms with Gasteiger partial charge >= 0.3 is 6.18 Å². The molecule has 4 heteroatoms. The van der Waals surface area contributed by atoms with Crippen LogP contribution in [0.4, 0.5) is 13.2 Å². The highest BCUT2D eigenvalue weighted by atomic mass is 19.4. The molecule has 2 unspecified atom stereocenters. The Balaban J connectivity index is 1.75. The van der Waals surface area contributed by atoms with Crippen LogP contribution in [-0.2, 0) is 0 Å². The Bertz CT molecular complexity index is 210. The minimum Gasteiger partial charge on any atom is -0.303 e. The van der Waals surface area contributed by atoms with Crippen LogP contribution in [0.5, 0.6) is 0 Å². The zero-order chi connectivity index (χ0) is 10.9. The average Bonchev–Trinajstić information content (AvgIpc) is 2.97. The zero-order valence-electron chi connectivity index (χ0n) is 8.82. The second kappa shape index (κ2) is 4.32. The second-order valence-electron chi connectivity index (χ2n) is 4.91. The number of nitrogens with one attached hydrogen (secondary N) is 1. The highest BCUT2D eigenvalue weighted by Gasteiger charge is 2.41.